The van der Waals surface area contributed by atoms with Crippen LogP contribution in [0.4, 0.5) is 10.3 Å². The zero-order chi connectivity index (χ0) is 20.2. The maximum atomic E-state index is 12.7. The smallest absolute Gasteiger partial charge is 0.228 e. The van der Waals surface area contributed by atoms with Crippen molar-refractivity contribution < 1.29 is 9.59 Å². The summed E-state index contributed by atoms with van der Waals surface area (Å²) in [5.41, 5.74) is 1.02. The highest BCUT2D eigenvalue weighted by Crippen LogP contribution is 2.32. The van der Waals surface area contributed by atoms with Crippen LogP contribution >= 0.6 is 22.9 Å². The molecule has 2 fully saturated rings. The molecule has 4 rings (SSSR count). The standard InChI is InChI=1S/C20H24ClN5O2S/c21-16-8-6-14(7-9-16)12-22-18(28)15-4-3-10-25(13-15)19-23-24-20(29-19)26-11-2-1-5-17(26)27/h6-9,15H,1-5,10-13H2,(H,22,28)/t15-/m0/s1. The highest BCUT2D eigenvalue weighted by Gasteiger charge is 2.29. The van der Waals surface area contributed by atoms with Gasteiger partial charge in [-0.15, -0.1) is 10.2 Å². The van der Waals surface area contributed by atoms with Gasteiger partial charge in [-0.1, -0.05) is 35.1 Å². The Morgan fingerprint density at radius 2 is 1.93 bits per heavy atom. The Labute approximate surface area is 179 Å². The Morgan fingerprint density at radius 1 is 1.14 bits per heavy atom. The summed E-state index contributed by atoms with van der Waals surface area (Å²) in [5, 5.41) is 13.7. The van der Waals surface area contributed by atoms with Crippen molar-refractivity contribution in [2.24, 2.45) is 5.92 Å². The maximum absolute atomic E-state index is 12.7. The van der Waals surface area contributed by atoms with E-state index < -0.39 is 0 Å². The molecule has 1 atom stereocenters. The lowest BCUT2D eigenvalue weighted by atomic mass is 9.97. The molecule has 2 aliphatic rings. The summed E-state index contributed by atoms with van der Waals surface area (Å²) in [6.07, 6.45) is 4.31. The average molecular weight is 434 g/mol. The molecule has 1 aromatic heterocycles. The molecule has 0 saturated carbocycles. The fourth-order valence-corrected chi connectivity index (χ4v) is 4.80. The average Bonchev–Trinajstić information content (AvgIpc) is 3.23. The third kappa shape index (κ3) is 4.87. The van der Waals surface area contributed by atoms with Gasteiger partial charge in [0, 0.05) is 37.6 Å². The minimum atomic E-state index is -0.0833. The van der Waals surface area contributed by atoms with E-state index in [1.54, 1.807) is 4.90 Å². The molecular formula is C20H24ClN5O2S. The van der Waals surface area contributed by atoms with Gasteiger partial charge in [-0.25, -0.2) is 0 Å². The number of nitrogens with one attached hydrogen (secondary N) is 1. The van der Waals surface area contributed by atoms with E-state index in [0.717, 1.165) is 42.9 Å². The predicted molar refractivity (Wildman–Crippen MR) is 114 cm³/mol. The van der Waals surface area contributed by atoms with Crippen molar-refractivity contribution in [2.75, 3.05) is 29.4 Å². The number of anilines is 2. The number of amides is 2. The Balaban J connectivity index is 1.35. The van der Waals surface area contributed by atoms with Gasteiger partial charge < -0.3 is 10.2 Å². The van der Waals surface area contributed by atoms with Crippen molar-refractivity contribution in [3.8, 4) is 0 Å². The summed E-state index contributed by atoms with van der Waals surface area (Å²) in [4.78, 5) is 28.6. The molecule has 29 heavy (non-hydrogen) atoms. The molecule has 7 nitrogen and oxygen atoms in total. The normalized spacial score (nSPS) is 20.0. The van der Waals surface area contributed by atoms with Crippen molar-refractivity contribution in [3.05, 3.63) is 34.9 Å². The first-order valence-corrected chi connectivity index (χ1v) is 11.2. The number of carbonyl (C=O) groups is 2. The molecule has 0 unspecified atom stereocenters. The first kappa shape index (κ1) is 20.1. The van der Waals surface area contributed by atoms with E-state index >= 15 is 0 Å². The van der Waals surface area contributed by atoms with Crippen LogP contribution in [-0.2, 0) is 16.1 Å². The summed E-state index contributed by atoms with van der Waals surface area (Å²) in [7, 11) is 0. The first-order chi connectivity index (χ1) is 14.1. The lowest BCUT2D eigenvalue weighted by molar-refractivity contribution is -0.125. The molecular weight excluding hydrogens is 410 g/mol. The van der Waals surface area contributed by atoms with Gasteiger partial charge in [0.05, 0.1) is 5.92 Å². The van der Waals surface area contributed by atoms with Crippen LogP contribution in [0.2, 0.25) is 5.02 Å². The Hall–Kier alpha value is -2.19. The van der Waals surface area contributed by atoms with Gasteiger partial charge in [0.15, 0.2) is 0 Å². The van der Waals surface area contributed by atoms with Crippen molar-refractivity contribution in [1.29, 1.82) is 0 Å². The van der Waals surface area contributed by atoms with Crippen LogP contribution in [-0.4, -0.2) is 41.6 Å². The number of hydrogen-bond acceptors (Lipinski definition) is 6. The number of hydrogen-bond donors (Lipinski definition) is 1. The summed E-state index contributed by atoms with van der Waals surface area (Å²) in [5.74, 6) is 0.0951. The molecule has 0 radical (unpaired) electrons. The zero-order valence-corrected chi connectivity index (χ0v) is 17.7. The topological polar surface area (TPSA) is 78.4 Å². The quantitative estimate of drug-likeness (QED) is 0.783. The van der Waals surface area contributed by atoms with E-state index in [-0.39, 0.29) is 17.7 Å². The summed E-state index contributed by atoms with van der Waals surface area (Å²) in [6.45, 7) is 2.67. The van der Waals surface area contributed by atoms with Gasteiger partial charge in [0.25, 0.3) is 0 Å². The van der Waals surface area contributed by atoms with Gasteiger partial charge in [-0.3, -0.25) is 14.5 Å². The van der Waals surface area contributed by atoms with Crippen LogP contribution in [0.15, 0.2) is 24.3 Å². The van der Waals surface area contributed by atoms with E-state index in [0.29, 0.717) is 36.2 Å². The number of nitrogens with zero attached hydrogens (tertiary/aromatic N) is 4. The maximum Gasteiger partial charge on any atom is 0.228 e. The van der Waals surface area contributed by atoms with E-state index in [4.69, 9.17) is 11.6 Å². The molecule has 0 spiro atoms. The van der Waals surface area contributed by atoms with Crippen molar-refractivity contribution in [1.82, 2.24) is 15.5 Å². The molecule has 154 valence electrons. The molecule has 2 aliphatic heterocycles. The van der Waals surface area contributed by atoms with Crippen molar-refractivity contribution in [3.63, 3.8) is 0 Å². The number of benzene rings is 1. The third-order valence-electron chi connectivity index (χ3n) is 5.40. The monoisotopic (exact) mass is 433 g/mol. The molecule has 2 saturated heterocycles. The van der Waals surface area contributed by atoms with E-state index in [9.17, 15) is 9.59 Å². The zero-order valence-electron chi connectivity index (χ0n) is 16.1. The second-order valence-electron chi connectivity index (χ2n) is 7.50. The van der Waals surface area contributed by atoms with Gasteiger partial charge in [0.1, 0.15) is 0 Å². The number of halogens is 1. The molecule has 2 aromatic rings. The van der Waals surface area contributed by atoms with Crippen molar-refractivity contribution in [2.45, 2.75) is 38.6 Å². The summed E-state index contributed by atoms with van der Waals surface area (Å²) >= 11 is 7.34. The fourth-order valence-electron chi connectivity index (χ4n) is 3.75. The molecule has 2 amide bonds. The number of carbonyl (C=O) groups excluding carboxylic acids is 2. The van der Waals surface area contributed by atoms with Crippen LogP contribution in [0.3, 0.4) is 0 Å². The third-order valence-corrected chi connectivity index (χ3v) is 6.66. The summed E-state index contributed by atoms with van der Waals surface area (Å²) < 4.78 is 0. The highest BCUT2D eigenvalue weighted by atomic mass is 35.5. The number of piperidine rings is 2. The lowest BCUT2D eigenvalue weighted by Gasteiger charge is -2.31. The summed E-state index contributed by atoms with van der Waals surface area (Å²) in [6, 6.07) is 7.48. The van der Waals surface area contributed by atoms with E-state index in [2.05, 4.69) is 20.4 Å². The van der Waals surface area contributed by atoms with Crippen LogP contribution in [0, 0.1) is 5.92 Å². The fraction of sp³-hybridized carbons (Fsp3) is 0.500. The first-order valence-electron chi connectivity index (χ1n) is 10.0. The second-order valence-corrected chi connectivity index (χ2v) is 8.87. The van der Waals surface area contributed by atoms with Gasteiger partial charge >= 0.3 is 0 Å². The molecule has 1 aromatic carbocycles. The SMILES string of the molecule is O=C(NCc1ccc(Cl)cc1)[C@H]1CCCN(c2nnc(N3CCCCC3=O)s2)C1. The lowest BCUT2D eigenvalue weighted by Crippen LogP contribution is -2.43. The van der Waals surface area contributed by atoms with Gasteiger partial charge in [-0.2, -0.15) is 0 Å². The molecule has 3 heterocycles. The van der Waals surface area contributed by atoms with Crippen LogP contribution in [0.25, 0.3) is 0 Å². The Kier molecular flexibility index (Phi) is 6.30. The molecule has 9 heteroatoms. The van der Waals surface area contributed by atoms with E-state index in [1.807, 2.05) is 24.3 Å². The molecule has 0 aliphatic carbocycles. The van der Waals surface area contributed by atoms with Crippen molar-refractivity contribution >= 4 is 45.0 Å². The number of aromatic nitrogens is 2. The van der Waals surface area contributed by atoms with Gasteiger partial charge in [0.2, 0.25) is 22.1 Å². The molecule has 0 bridgehead atoms. The Morgan fingerprint density at radius 3 is 2.72 bits per heavy atom. The molecule has 1 N–H and O–H groups in total. The predicted octanol–water partition coefficient (Wildman–Crippen LogP) is 3.24. The highest BCUT2D eigenvalue weighted by molar-refractivity contribution is 7.19. The van der Waals surface area contributed by atoms with Crippen LogP contribution < -0.4 is 15.1 Å². The van der Waals surface area contributed by atoms with Crippen LogP contribution in [0.1, 0.15) is 37.7 Å². The van der Waals surface area contributed by atoms with E-state index in [1.165, 1.54) is 11.3 Å². The Bertz CT molecular complexity index is 872. The minimum Gasteiger partial charge on any atom is -0.352 e. The minimum absolute atomic E-state index is 0.0561. The van der Waals surface area contributed by atoms with Crippen LogP contribution in [0.5, 0.6) is 0 Å². The van der Waals surface area contributed by atoms with Gasteiger partial charge in [-0.05, 0) is 43.4 Å². The largest absolute Gasteiger partial charge is 0.352 e. The number of rotatable bonds is 5. The second kappa shape index (κ2) is 9.09.